The average Bonchev–Trinajstić information content (AvgIpc) is 2.54. The lowest BCUT2D eigenvalue weighted by Crippen LogP contribution is -2.33. The summed E-state index contributed by atoms with van der Waals surface area (Å²) in [5.41, 5.74) is 1.76. The molecule has 0 bridgehead atoms. The molecule has 1 aliphatic heterocycles. The fourth-order valence-electron chi connectivity index (χ4n) is 2.57. The second kappa shape index (κ2) is 8.57. The van der Waals surface area contributed by atoms with Crippen molar-refractivity contribution in [2.24, 2.45) is 4.99 Å². The smallest absolute Gasteiger partial charge is 0.433 e. The van der Waals surface area contributed by atoms with E-state index in [1.807, 2.05) is 37.3 Å². The normalized spacial score (nSPS) is 16.7. The molecule has 1 saturated heterocycles. The number of nitrogens with zero attached hydrogens (tertiary/aromatic N) is 2. The van der Waals surface area contributed by atoms with Crippen molar-refractivity contribution in [2.45, 2.75) is 32.6 Å². The molecule has 114 valence electrons. The van der Waals surface area contributed by atoms with E-state index in [-0.39, 0.29) is 0 Å². The van der Waals surface area contributed by atoms with Gasteiger partial charge < -0.3 is 4.74 Å². The van der Waals surface area contributed by atoms with Crippen molar-refractivity contribution in [1.29, 1.82) is 0 Å². The molecule has 0 N–H and O–H groups in total. The Morgan fingerprint density at radius 3 is 2.57 bits per heavy atom. The van der Waals surface area contributed by atoms with E-state index in [0.29, 0.717) is 13.0 Å². The van der Waals surface area contributed by atoms with Gasteiger partial charge in [-0.15, -0.1) is 0 Å². The first kappa shape index (κ1) is 15.7. The number of ether oxygens (including phenoxy) is 1. The molecular formula is C17H24N2O2. The zero-order valence-electron chi connectivity index (χ0n) is 12.8. The molecule has 4 nitrogen and oxygen atoms in total. The van der Waals surface area contributed by atoms with Crippen LogP contribution in [0.15, 0.2) is 35.3 Å². The van der Waals surface area contributed by atoms with Gasteiger partial charge in [0.2, 0.25) is 0 Å². The summed E-state index contributed by atoms with van der Waals surface area (Å²) < 4.78 is 5.23. The number of likely N-dealkylation sites (tertiary alicyclic amines) is 1. The Kier molecular flexibility index (Phi) is 6.41. The third-order valence-electron chi connectivity index (χ3n) is 3.75. The minimum atomic E-state index is -0.479. The predicted octanol–water partition coefficient (Wildman–Crippen LogP) is 3.51. The Bertz CT molecular complexity index is 465. The number of hydrogen-bond acceptors (Lipinski definition) is 3. The van der Waals surface area contributed by atoms with Crippen LogP contribution in [0.5, 0.6) is 0 Å². The molecule has 1 aromatic carbocycles. The minimum Gasteiger partial charge on any atom is -0.447 e. The van der Waals surface area contributed by atoms with Gasteiger partial charge in [-0.25, -0.2) is 4.79 Å². The van der Waals surface area contributed by atoms with E-state index in [1.165, 1.54) is 19.3 Å². The molecule has 0 saturated carbocycles. The molecule has 21 heavy (non-hydrogen) atoms. The number of carbonyl (C=O) groups is 1. The lowest BCUT2D eigenvalue weighted by atomic mass is 10.1. The first-order chi connectivity index (χ1) is 10.3. The number of rotatable bonds is 5. The number of benzene rings is 1. The molecule has 0 radical (unpaired) electrons. The van der Waals surface area contributed by atoms with Gasteiger partial charge in [-0.3, -0.25) is 4.90 Å². The van der Waals surface area contributed by atoms with Crippen LogP contribution in [-0.4, -0.2) is 42.9 Å². The summed E-state index contributed by atoms with van der Waals surface area (Å²) in [6, 6.07) is 9.77. The van der Waals surface area contributed by atoms with Crippen LogP contribution < -0.4 is 0 Å². The standard InChI is InChI=1S/C17H24N2O2/c1-2-16(15-9-5-3-6-10-15)18-17(20)21-14-13-19-11-7-4-8-12-19/h3,5-6,9-10H,2,4,7-8,11-14H2,1H3/b18-16-. The van der Waals surface area contributed by atoms with Crippen molar-refractivity contribution in [1.82, 2.24) is 4.90 Å². The highest BCUT2D eigenvalue weighted by Gasteiger charge is 2.11. The number of amides is 1. The van der Waals surface area contributed by atoms with Crippen LogP contribution in [0.2, 0.25) is 0 Å². The Morgan fingerprint density at radius 2 is 1.90 bits per heavy atom. The zero-order chi connectivity index (χ0) is 14.9. The molecule has 0 spiro atoms. The monoisotopic (exact) mass is 288 g/mol. The Morgan fingerprint density at radius 1 is 1.19 bits per heavy atom. The third-order valence-corrected chi connectivity index (χ3v) is 3.75. The second-order valence-electron chi connectivity index (χ2n) is 5.29. The van der Waals surface area contributed by atoms with Crippen molar-refractivity contribution < 1.29 is 9.53 Å². The van der Waals surface area contributed by atoms with Gasteiger partial charge in [-0.1, -0.05) is 43.7 Å². The molecule has 4 heteroatoms. The molecule has 1 aromatic rings. The third kappa shape index (κ3) is 5.31. The van der Waals surface area contributed by atoms with E-state index in [0.717, 1.165) is 30.9 Å². The number of aliphatic imine (C=N–C) groups is 1. The maximum atomic E-state index is 11.8. The highest BCUT2D eigenvalue weighted by Crippen LogP contribution is 2.08. The summed E-state index contributed by atoms with van der Waals surface area (Å²) in [5, 5.41) is 0. The summed E-state index contributed by atoms with van der Waals surface area (Å²) >= 11 is 0. The maximum absolute atomic E-state index is 11.8. The van der Waals surface area contributed by atoms with Crippen LogP contribution in [-0.2, 0) is 4.74 Å². The van der Waals surface area contributed by atoms with E-state index in [1.54, 1.807) is 0 Å². The lowest BCUT2D eigenvalue weighted by molar-refractivity contribution is 0.128. The molecule has 1 aliphatic rings. The zero-order valence-corrected chi connectivity index (χ0v) is 12.8. The largest absolute Gasteiger partial charge is 0.447 e. The van der Waals surface area contributed by atoms with Gasteiger partial charge in [0.25, 0.3) is 0 Å². The van der Waals surface area contributed by atoms with Gasteiger partial charge in [-0.2, -0.15) is 4.99 Å². The fourth-order valence-corrected chi connectivity index (χ4v) is 2.57. The Labute approximate surface area is 126 Å². The maximum Gasteiger partial charge on any atom is 0.433 e. The van der Waals surface area contributed by atoms with Crippen LogP contribution >= 0.6 is 0 Å². The Balaban J connectivity index is 1.80. The van der Waals surface area contributed by atoms with Crippen molar-refractivity contribution >= 4 is 11.8 Å². The second-order valence-corrected chi connectivity index (χ2v) is 5.29. The molecule has 1 amide bonds. The van der Waals surface area contributed by atoms with Gasteiger partial charge in [0.15, 0.2) is 0 Å². The Hall–Kier alpha value is -1.68. The summed E-state index contributed by atoms with van der Waals surface area (Å²) in [6.45, 7) is 5.46. The quantitative estimate of drug-likeness (QED) is 0.779. The topological polar surface area (TPSA) is 41.9 Å². The van der Waals surface area contributed by atoms with Crippen molar-refractivity contribution in [2.75, 3.05) is 26.2 Å². The average molecular weight is 288 g/mol. The summed E-state index contributed by atoms with van der Waals surface area (Å²) in [4.78, 5) is 18.2. The molecule has 0 unspecified atom stereocenters. The van der Waals surface area contributed by atoms with Gasteiger partial charge in [0, 0.05) is 6.54 Å². The predicted molar refractivity (Wildman–Crippen MR) is 84.9 cm³/mol. The van der Waals surface area contributed by atoms with Crippen LogP contribution in [0.3, 0.4) is 0 Å². The number of carbonyl (C=O) groups excluding carboxylic acids is 1. The van der Waals surface area contributed by atoms with Gasteiger partial charge in [0.1, 0.15) is 6.61 Å². The van der Waals surface area contributed by atoms with Crippen LogP contribution in [0.1, 0.15) is 38.2 Å². The van der Waals surface area contributed by atoms with Gasteiger partial charge in [0.05, 0.1) is 5.71 Å². The van der Waals surface area contributed by atoms with E-state index < -0.39 is 6.09 Å². The molecule has 1 fully saturated rings. The van der Waals surface area contributed by atoms with Crippen molar-refractivity contribution in [3.63, 3.8) is 0 Å². The molecule has 0 atom stereocenters. The van der Waals surface area contributed by atoms with E-state index in [4.69, 9.17) is 4.74 Å². The van der Waals surface area contributed by atoms with E-state index >= 15 is 0 Å². The molecule has 1 heterocycles. The highest BCUT2D eigenvalue weighted by molar-refractivity contribution is 6.05. The van der Waals surface area contributed by atoms with E-state index in [9.17, 15) is 4.79 Å². The fraction of sp³-hybridized carbons (Fsp3) is 0.529. The van der Waals surface area contributed by atoms with Gasteiger partial charge in [-0.05, 0) is 37.9 Å². The van der Waals surface area contributed by atoms with Crippen LogP contribution in [0.25, 0.3) is 0 Å². The molecule has 0 aromatic heterocycles. The number of piperidine rings is 1. The summed E-state index contributed by atoms with van der Waals surface area (Å²) in [5.74, 6) is 0. The SMILES string of the molecule is CC/C(=N/C(=O)OCCN1CCCCC1)c1ccccc1. The number of hydrogen-bond donors (Lipinski definition) is 0. The molecule has 0 aliphatic carbocycles. The summed E-state index contributed by atoms with van der Waals surface area (Å²) in [6.07, 6.45) is 4.05. The van der Waals surface area contributed by atoms with Crippen LogP contribution in [0, 0.1) is 0 Å². The first-order valence-corrected chi connectivity index (χ1v) is 7.81. The first-order valence-electron chi connectivity index (χ1n) is 7.81. The lowest BCUT2D eigenvalue weighted by Gasteiger charge is -2.25. The minimum absolute atomic E-state index is 0.425. The van der Waals surface area contributed by atoms with Crippen molar-refractivity contribution in [3.8, 4) is 0 Å². The van der Waals surface area contributed by atoms with Crippen molar-refractivity contribution in [3.05, 3.63) is 35.9 Å². The molecular weight excluding hydrogens is 264 g/mol. The van der Waals surface area contributed by atoms with Gasteiger partial charge >= 0.3 is 6.09 Å². The highest BCUT2D eigenvalue weighted by atomic mass is 16.5. The van der Waals surface area contributed by atoms with Crippen LogP contribution in [0.4, 0.5) is 4.79 Å². The molecule has 2 rings (SSSR count). The summed E-state index contributed by atoms with van der Waals surface area (Å²) in [7, 11) is 0. The van der Waals surface area contributed by atoms with E-state index in [2.05, 4.69) is 9.89 Å².